The molecular formula is C28H48N2O6. The summed E-state index contributed by atoms with van der Waals surface area (Å²) in [6.07, 6.45) is 4.47. The number of unbranched alkanes of at least 4 members (excludes halogenated alkanes) is 3. The van der Waals surface area contributed by atoms with Crippen molar-refractivity contribution in [2.75, 3.05) is 19.8 Å². The van der Waals surface area contributed by atoms with E-state index in [1.807, 2.05) is 27.7 Å². The van der Waals surface area contributed by atoms with Crippen LogP contribution in [0.4, 0.5) is 0 Å². The number of amides is 2. The molecule has 3 heterocycles. The molecule has 2 amide bonds. The van der Waals surface area contributed by atoms with Crippen LogP contribution in [0, 0.1) is 23.2 Å². The molecule has 0 aromatic rings. The van der Waals surface area contributed by atoms with Crippen molar-refractivity contribution in [3.8, 4) is 0 Å². The summed E-state index contributed by atoms with van der Waals surface area (Å²) in [5.74, 6) is -2.26. The minimum Gasteiger partial charge on any atom is -0.466 e. The molecule has 8 nitrogen and oxygen atoms in total. The van der Waals surface area contributed by atoms with Crippen molar-refractivity contribution in [1.29, 1.82) is 0 Å². The minimum absolute atomic E-state index is 0.00153. The van der Waals surface area contributed by atoms with Gasteiger partial charge in [-0.15, -0.1) is 0 Å². The van der Waals surface area contributed by atoms with E-state index in [1.54, 1.807) is 11.8 Å². The number of carbonyl (C=O) groups is 3. The first kappa shape index (κ1) is 28.9. The van der Waals surface area contributed by atoms with E-state index in [4.69, 9.17) is 14.6 Å². The van der Waals surface area contributed by atoms with Gasteiger partial charge in [-0.3, -0.25) is 14.4 Å². The largest absolute Gasteiger partial charge is 0.466 e. The molecule has 1 spiro atoms. The van der Waals surface area contributed by atoms with Crippen LogP contribution in [0.5, 0.6) is 0 Å². The molecular weight excluding hydrogens is 460 g/mol. The van der Waals surface area contributed by atoms with Crippen LogP contribution in [0.2, 0.25) is 0 Å². The number of rotatable bonds is 11. The number of likely N-dealkylation sites (tertiary alicyclic amines) is 1. The molecule has 3 fully saturated rings. The predicted octanol–water partition coefficient (Wildman–Crippen LogP) is 3.44. The highest BCUT2D eigenvalue weighted by Gasteiger charge is 2.80. The minimum atomic E-state index is -1.05. The van der Waals surface area contributed by atoms with Gasteiger partial charge in [0.05, 0.1) is 18.1 Å². The molecule has 0 radical (unpaired) electrons. The Labute approximate surface area is 216 Å². The van der Waals surface area contributed by atoms with Gasteiger partial charge in [0.25, 0.3) is 0 Å². The maximum Gasteiger partial charge on any atom is 0.312 e. The van der Waals surface area contributed by atoms with E-state index in [0.29, 0.717) is 13.0 Å². The number of esters is 1. The summed E-state index contributed by atoms with van der Waals surface area (Å²) in [5, 5.41) is 12.3. The number of hydrogen-bond acceptors (Lipinski definition) is 6. The number of aliphatic hydroxyl groups is 1. The van der Waals surface area contributed by atoms with Crippen LogP contribution in [-0.2, 0) is 23.9 Å². The summed E-state index contributed by atoms with van der Waals surface area (Å²) in [5.41, 5.74) is -2.36. The lowest BCUT2D eigenvalue weighted by Crippen LogP contribution is -2.59. The van der Waals surface area contributed by atoms with Crippen molar-refractivity contribution >= 4 is 17.8 Å². The third-order valence-corrected chi connectivity index (χ3v) is 8.34. The second kappa shape index (κ2) is 10.2. The first-order valence-corrected chi connectivity index (χ1v) is 13.7. The van der Waals surface area contributed by atoms with Crippen molar-refractivity contribution in [2.45, 2.75) is 117 Å². The zero-order valence-electron chi connectivity index (χ0n) is 23.6. The average molecular weight is 509 g/mol. The highest BCUT2D eigenvalue weighted by atomic mass is 16.6. The van der Waals surface area contributed by atoms with Crippen molar-refractivity contribution < 1.29 is 29.0 Å². The van der Waals surface area contributed by atoms with Crippen LogP contribution in [0.3, 0.4) is 0 Å². The summed E-state index contributed by atoms with van der Waals surface area (Å²) < 4.78 is 12.1. The maximum atomic E-state index is 14.0. The summed E-state index contributed by atoms with van der Waals surface area (Å²) in [4.78, 5) is 42.9. The second-order valence-electron chi connectivity index (χ2n) is 13.2. The molecule has 2 N–H and O–H groups in total. The van der Waals surface area contributed by atoms with Gasteiger partial charge in [-0.1, -0.05) is 40.5 Å². The fraction of sp³-hybridized carbons (Fsp3) is 0.893. The molecule has 2 bridgehead atoms. The number of nitrogens with zero attached hydrogens (tertiary/aromatic N) is 1. The van der Waals surface area contributed by atoms with Gasteiger partial charge in [0.15, 0.2) is 0 Å². The van der Waals surface area contributed by atoms with E-state index in [-0.39, 0.29) is 36.4 Å². The van der Waals surface area contributed by atoms with E-state index in [1.165, 1.54) is 0 Å². The fourth-order valence-corrected chi connectivity index (χ4v) is 7.39. The highest BCUT2D eigenvalue weighted by Crippen LogP contribution is 2.65. The number of carbonyl (C=O) groups excluding carboxylic acids is 3. The molecule has 3 saturated heterocycles. The number of hydrogen-bond donors (Lipinski definition) is 2. The zero-order valence-corrected chi connectivity index (χ0v) is 23.6. The van der Waals surface area contributed by atoms with Crippen molar-refractivity contribution in [3.63, 3.8) is 0 Å². The Balaban J connectivity index is 1.97. The molecule has 3 aliphatic heterocycles. The lowest BCUT2D eigenvalue weighted by molar-refractivity contribution is -0.161. The predicted molar refractivity (Wildman–Crippen MR) is 137 cm³/mol. The van der Waals surface area contributed by atoms with E-state index in [9.17, 15) is 14.4 Å². The third kappa shape index (κ3) is 5.17. The third-order valence-electron chi connectivity index (χ3n) is 8.34. The van der Waals surface area contributed by atoms with Crippen molar-refractivity contribution in [3.05, 3.63) is 0 Å². The Morgan fingerprint density at radius 1 is 1.17 bits per heavy atom. The number of aliphatic hydroxyl groups excluding tert-OH is 1. The van der Waals surface area contributed by atoms with Crippen LogP contribution in [-0.4, -0.2) is 70.3 Å². The average Bonchev–Trinajstić information content (AvgIpc) is 3.23. The molecule has 3 unspecified atom stereocenters. The van der Waals surface area contributed by atoms with Crippen LogP contribution in [0.25, 0.3) is 0 Å². The van der Waals surface area contributed by atoms with E-state index in [2.05, 4.69) is 26.1 Å². The molecule has 8 heteroatoms. The monoisotopic (exact) mass is 508 g/mol. The van der Waals surface area contributed by atoms with E-state index in [0.717, 1.165) is 32.1 Å². The molecule has 0 aromatic heterocycles. The highest BCUT2D eigenvalue weighted by molar-refractivity contribution is 5.98. The molecule has 36 heavy (non-hydrogen) atoms. The first-order chi connectivity index (χ1) is 16.6. The lowest BCUT2D eigenvalue weighted by atomic mass is 9.62. The summed E-state index contributed by atoms with van der Waals surface area (Å²) in [6, 6.07) is -0.796. The van der Waals surface area contributed by atoms with Crippen molar-refractivity contribution in [1.82, 2.24) is 10.2 Å². The van der Waals surface area contributed by atoms with Crippen LogP contribution < -0.4 is 5.32 Å². The molecule has 3 rings (SSSR count). The van der Waals surface area contributed by atoms with Crippen LogP contribution >= 0.6 is 0 Å². The molecule has 0 aromatic carbocycles. The zero-order chi connectivity index (χ0) is 27.1. The normalized spacial score (nSPS) is 33.7. The Morgan fingerprint density at radius 3 is 2.39 bits per heavy atom. The van der Waals surface area contributed by atoms with Gasteiger partial charge in [-0.05, 0) is 64.7 Å². The van der Waals surface area contributed by atoms with E-state index >= 15 is 0 Å². The second-order valence-corrected chi connectivity index (χ2v) is 13.2. The summed E-state index contributed by atoms with van der Waals surface area (Å²) in [7, 11) is 0. The lowest BCUT2D eigenvalue weighted by Gasteiger charge is -2.38. The Hall–Kier alpha value is -1.67. The van der Waals surface area contributed by atoms with Crippen LogP contribution in [0.15, 0.2) is 0 Å². The molecule has 3 aliphatic rings. The van der Waals surface area contributed by atoms with E-state index < -0.39 is 40.6 Å². The molecule has 206 valence electrons. The Morgan fingerprint density at radius 2 is 1.81 bits per heavy atom. The van der Waals surface area contributed by atoms with Gasteiger partial charge in [0.2, 0.25) is 11.8 Å². The van der Waals surface area contributed by atoms with Crippen LogP contribution in [0.1, 0.15) is 93.9 Å². The smallest absolute Gasteiger partial charge is 0.312 e. The van der Waals surface area contributed by atoms with Gasteiger partial charge in [0.1, 0.15) is 17.6 Å². The summed E-state index contributed by atoms with van der Waals surface area (Å²) in [6.45, 7) is 16.9. The molecule has 0 aliphatic carbocycles. The van der Waals surface area contributed by atoms with Gasteiger partial charge < -0.3 is 24.8 Å². The van der Waals surface area contributed by atoms with Crippen molar-refractivity contribution in [2.24, 2.45) is 23.2 Å². The Bertz CT molecular complexity index is 851. The quantitative estimate of drug-likeness (QED) is 0.327. The van der Waals surface area contributed by atoms with Gasteiger partial charge in [-0.2, -0.15) is 0 Å². The summed E-state index contributed by atoms with van der Waals surface area (Å²) >= 11 is 0. The number of nitrogens with one attached hydrogen (secondary N) is 1. The Kier molecular flexibility index (Phi) is 8.22. The topological polar surface area (TPSA) is 105 Å². The molecule has 0 saturated carbocycles. The maximum absolute atomic E-state index is 14.0. The van der Waals surface area contributed by atoms with Gasteiger partial charge in [0, 0.05) is 18.7 Å². The van der Waals surface area contributed by atoms with Gasteiger partial charge in [-0.25, -0.2) is 0 Å². The first-order valence-electron chi connectivity index (χ1n) is 13.7. The fourth-order valence-electron chi connectivity index (χ4n) is 7.39. The SMILES string of the molecule is CCOC(=O)[C@@H]1[C@H]2C(=O)N(CCCCCCO)C(C(=O)NC(C)(C)CC(C)(C)C)C23CC(C)[C@@]1(C)O3. The number of ether oxygens (including phenoxy) is 2. The van der Waals surface area contributed by atoms with Gasteiger partial charge >= 0.3 is 5.97 Å². The molecule has 6 atom stereocenters. The number of fused-ring (bicyclic) bond motifs is 1. The standard InChI is InChI=1S/C28H48N2O6/c1-9-35-24(34)20-19-23(33)30(14-12-10-11-13-15-31)21(28(19)16-18(2)27(20,8)36-28)22(32)29-26(6,7)17-25(3,4)5/h18-21,31H,9-17H2,1-8H3,(H,29,32)/t18?,19-,20-,21?,27+,28?/m0/s1.